The molecule has 0 spiro atoms. The fraction of sp³-hybridized carbons (Fsp3) is 0.364. The Labute approximate surface area is 188 Å². The van der Waals surface area contributed by atoms with Crippen molar-refractivity contribution < 1.29 is 27.5 Å². The van der Waals surface area contributed by atoms with Crippen molar-refractivity contribution in [2.45, 2.75) is 17.1 Å². The second kappa shape index (κ2) is 10.8. The summed E-state index contributed by atoms with van der Waals surface area (Å²) in [5.41, 5.74) is 5.57. The fourth-order valence-electron chi connectivity index (χ4n) is 3.45. The van der Waals surface area contributed by atoms with Crippen molar-refractivity contribution in [3.8, 4) is 0 Å². The number of alkyl halides is 3. The number of amides is 2. The van der Waals surface area contributed by atoms with Gasteiger partial charge in [0.2, 0.25) is 5.91 Å². The Hall–Kier alpha value is -2.56. The molecule has 1 unspecified atom stereocenters. The van der Waals surface area contributed by atoms with Crippen LogP contribution in [0.1, 0.15) is 27.5 Å². The van der Waals surface area contributed by atoms with Gasteiger partial charge < -0.3 is 15.8 Å². The van der Waals surface area contributed by atoms with Crippen molar-refractivity contribution in [3.05, 3.63) is 65.2 Å². The molecule has 0 aliphatic carbocycles. The SMILES string of the molecule is NC(=O)CSc1ccccc1C(=O)NCC(c1ccc(C(F)(F)F)cc1)N1CCOCC1. The van der Waals surface area contributed by atoms with E-state index in [1.54, 1.807) is 24.3 Å². The van der Waals surface area contributed by atoms with Gasteiger partial charge >= 0.3 is 6.18 Å². The van der Waals surface area contributed by atoms with Gasteiger partial charge in [0.15, 0.2) is 0 Å². The molecule has 2 aromatic rings. The molecule has 2 amide bonds. The van der Waals surface area contributed by atoms with Crippen LogP contribution in [-0.4, -0.2) is 55.3 Å². The van der Waals surface area contributed by atoms with E-state index in [0.717, 1.165) is 12.1 Å². The van der Waals surface area contributed by atoms with Crippen molar-refractivity contribution in [3.63, 3.8) is 0 Å². The molecule has 32 heavy (non-hydrogen) atoms. The van der Waals surface area contributed by atoms with Gasteiger partial charge in [-0.15, -0.1) is 11.8 Å². The molecule has 0 radical (unpaired) electrons. The highest BCUT2D eigenvalue weighted by Gasteiger charge is 2.31. The van der Waals surface area contributed by atoms with Crippen molar-refractivity contribution in [1.29, 1.82) is 0 Å². The van der Waals surface area contributed by atoms with Gasteiger partial charge in [0.1, 0.15) is 0 Å². The highest BCUT2D eigenvalue weighted by Crippen LogP contribution is 2.31. The zero-order valence-corrected chi connectivity index (χ0v) is 18.0. The minimum Gasteiger partial charge on any atom is -0.379 e. The van der Waals surface area contributed by atoms with Gasteiger partial charge in [-0.3, -0.25) is 14.5 Å². The number of hydrogen-bond acceptors (Lipinski definition) is 5. The molecule has 1 saturated heterocycles. The predicted octanol–water partition coefficient (Wildman–Crippen LogP) is 3.09. The lowest BCUT2D eigenvalue weighted by Gasteiger charge is -2.35. The van der Waals surface area contributed by atoms with Gasteiger partial charge in [-0.05, 0) is 29.8 Å². The molecule has 6 nitrogen and oxygen atoms in total. The van der Waals surface area contributed by atoms with Gasteiger partial charge in [-0.25, -0.2) is 0 Å². The molecule has 1 aliphatic rings. The Morgan fingerprint density at radius 1 is 1.09 bits per heavy atom. The van der Waals surface area contributed by atoms with E-state index in [1.165, 1.54) is 23.9 Å². The van der Waals surface area contributed by atoms with Gasteiger partial charge in [0.25, 0.3) is 5.91 Å². The first-order chi connectivity index (χ1) is 15.3. The van der Waals surface area contributed by atoms with Crippen LogP contribution in [0.5, 0.6) is 0 Å². The molecule has 3 N–H and O–H groups in total. The van der Waals surface area contributed by atoms with Crippen LogP contribution in [0.25, 0.3) is 0 Å². The van der Waals surface area contributed by atoms with E-state index in [4.69, 9.17) is 10.5 Å². The number of carbonyl (C=O) groups is 2. The summed E-state index contributed by atoms with van der Waals surface area (Å²) in [5, 5.41) is 2.89. The summed E-state index contributed by atoms with van der Waals surface area (Å²) in [6.45, 7) is 2.44. The van der Waals surface area contributed by atoms with E-state index >= 15 is 0 Å². The summed E-state index contributed by atoms with van der Waals surface area (Å²) in [7, 11) is 0. The van der Waals surface area contributed by atoms with E-state index < -0.39 is 17.6 Å². The summed E-state index contributed by atoms with van der Waals surface area (Å²) < 4.78 is 44.2. The van der Waals surface area contributed by atoms with Crippen LogP contribution in [-0.2, 0) is 15.7 Å². The van der Waals surface area contributed by atoms with Crippen LogP contribution in [0.3, 0.4) is 0 Å². The molecule has 0 saturated carbocycles. The summed E-state index contributed by atoms with van der Waals surface area (Å²) in [4.78, 5) is 26.7. The fourth-order valence-corrected chi connectivity index (χ4v) is 4.24. The van der Waals surface area contributed by atoms with Gasteiger partial charge in [-0.2, -0.15) is 13.2 Å². The number of rotatable bonds is 8. The zero-order chi connectivity index (χ0) is 23.1. The largest absolute Gasteiger partial charge is 0.416 e. The second-order valence-electron chi connectivity index (χ2n) is 7.25. The summed E-state index contributed by atoms with van der Waals surface area (Å²) in [6.07, 6.45) is -4.41. The molecule has 0 aromatic heterocycles. The Bertz CT molecular complexity index is 932. The van der Waals surface area contributed by atoms with E-state index in [1.807, 2.05) is 0 Å². The summed E-state index contributed by atoms with van der Waals surface area (Å²) in [6, 6.07) is 11.6. The molecule has 1 atom stereocenters. The maximum atomic E-state index is 13.0. The molecular formula is C22H24F3N3O3S. The Morgan fingerprint density at radius 3 is 2.38 bits per heavy atom. The lowest BCUT2D eigenvalue weighted by atomic mass is 10.0. The lowest BCUT2D eigenvalue weighted by molar-refractivity contribution is -0.137. The average Bonchev–Trinajstić information content (AvgIpc) is 2.78. The Morgan fingerprint density at radius 2 is 1.75 bits per heavy atom. The first kappa shape index (κ1) is 24.1. The highest BCUT2D eigenvalue weighted by molar-refractivity contribution is 8.00. The third-order valence-corrected chi connectivity index (χ3v) is 6.16. The number of halogens is 3. The number of ether oxygens (including phenoxy) is 1. The number of primary amides is 1. The second-order valence-corrected chi connectivity index (χ2v) is 8.26. The Balaban J connectivity index is 1.76. The van der Waals surface area contributed by atoms with E-state index in [9.17, 15) is 22.8 Å². The van der Waals surface area contributed by atoms with Crippen LogP contribution in [0.2, 0.25) is 0 Å². The quantitative estimate of drug-likeness (QED) is 0.583. The van der Waals surface area contributed by atoms with Crippen LogP contribution in [0, 0.1) is 0 Å². The van der Waals surface area contributed by atoms with Crippen LogP contribution in [0.4, 0.5) is 13.2 Å². The molecule has 1 heterocycles. The van der Waals surface area contributed by atoms with Crippen molar-refractivity contribution in [2.24, 2.45) is 5.73 Å². The first-order valence-corrected chi connectivity index (χ1v) is 11.0. The number of nitrogens with zero attached hydrogens (tertiary/aromatic N) is 1. The maximum absolute atomic E-state index is 13.0. The molecular weight excluding hydrogens is 443 g/mol. The normalized spacial score (nSPS) is 15.8. The van der Waals surface area contributed by atoms with E-state index in [-0.39, 0.29) is 24.2 Å². The predicted molar refractivity (Wildman–Crippen MR) is 115 cm³/mol. The Kier molecular flexibility index (Phi) is 8.16. The van der Waals surface area contributed by atoms with Gasteiger partial charge in [0, 0.05) is 24.5 Å². The summed E-state index contributed by atoms with van der Waals surface area (Å²) in [5.74, 6) is -0.769. The number of hydrogen-bond donors (Lipinski definition) is 2. The van der Waals surface area contributed by atoms with Crippen molar-refractivity contribution >= 4 is 23.6 Å². The average molecular weight is 468 g/mol. The topological polar surface area (TPSA) is 84.7 Å². The number of nitrogens with one attached hydrogen (secondary N) is 1. The summed E-state index contributed by atoms with van der Waals surface area (Å²) >= 11 is 1.18. The monoisotopic (exact) mass is 467 g/mol. The number of carbonyl (C=O) groups excluding carboxylic acids is 2. The molecule has 2 aromatic carbocycles. The van der Waals surface area contributed by atoms with E-state index in [2.05, 4.69) is 10.2 Å². The molecule has 1 fully saturated rings. The van der Waals surface area contributed by atoms with Crippen molar-refractivity contribution in [2.75, 3.05) is 38.6 Å². The van der Waals surface area contributed by atoms with Crippen LogP contribution < -0.4 is 11.1 Å². The highest BCUT2D eigenvalue weighted by atomic mass is 32.2. The molecule has 10 heteroatoms. The zero-order valence-electron chi connectivity index (χ0n) is 17.2. The lowest BCUT2D eigenvalue weighted by Crippen LogP contribution is -2.43. The molecule has 3 rings (SSSR count). The maximum Gasteiger partial charge on any atom is 0.416 e. The number of nitrogens with two attached hydrogens (primary N) is 1. The van der Waals surface area contributed by atoms with Gasteiger partial charge in [-0.1, -0.05) is 24.3 Å². The minimum absolute atomic E-state index is 0.0479. The molecule has 172 valence electrons. The smallest absolute Gasteiger partial charge is 0.379 e. The minimum atomic E-state index is -4.41. The van der Waals surface area contributed by atoms with Crippen molar-refractivity contribution in [1.82, 2.24) is 10.2 Å². The molecule has 0 bridgehead atoms. The third kappa shape index (κ3) is 6.47. The standard InChI is InChI=1S/C22H24F3N3O3S/c23-22(24,25)16-7-5-15(6-8-16)18(28-9-11-31-12-10-28)13-27-21(30)17-3-1-2-4-19(17)32-14-20(26)29/h1-8,18H,9-14H2,(H2,26,29)(H,27,30). The van der Waals surface area contributed by atoms with E-state index in [0.29, 0.717) is 42.3 Å². The van der Waals surface area contributed by atoms with Gasteiger partial charge in [0.05, 0.1) is 36.1 Å². The van der Waals surface area contributed by atoms with Crippen LogP contribution >= 0.6 is 11.8 Å². The first-order valence-electron chi connectivity index (χ1n) is 10.0. The number of morpholine rings is 1. The molecule has 1 aliphatic heterocycles. The number of benzene rings is 2. The number of thioether (sulfide) groups is 1. The third-order valence-electron chi connectivity index (χ3n) is 5.07. The van der Waals surface area contributed by atoms with Crippen LogP contribution in [0.15, 0.2) is 53.4 Å².